The van der Waals surface area contributed by atoms with Crippen molar-refractivity contribution in [3.8, 4) is 5.75 Å². The van der Waals surface area contributed by atoms with Crippen LogP contribution in [0.1, 0.15) is 18.9 Å². The van der Waals surface area contributed by atoms with Crippen molar-refractivity contribution < 1.29 is 28.1 Å². The second-order valence-corrected chi connectivity index (χ2v) is 5.93. The third-order valence-corrected chi connectivity index (χ3v) is 4.38. The van der Waals surface area contributed by atoms with E-state index in [1.807, 2.05) is 6.92 Å². The van der Waals surface area contributed by atoms with Gasteiger partial charge in [-0.2, -0.15) is 4.62 Å². The van der Waals surface area contributed by atoms with Crippen LogP contribution in [0.5, 0.6) is 5.75 Å². The average molecular weight is 300 g/mol. The summed E-state index contributed by atoms with van der Waals surface area (Å²) >= 11 is 0. The van der Waals surface area contributed by atoms with E-state index in [4.69, 9.17) is 19.4 Å². The number of nitrogens with zero attached hydrogens (tertiary/aromatic N) is 1. The predicted octanol–water partition coefficient (Wildman–Crippen LogP) is 1.47. The molecule has 3 saturated heterocycles. The number of fused-ring (bicyclic) bond motifs is 2. The molecule has 0 unspecified atom stereocenters. The second kappa shape index (κ2) is 4.20. The zero-order valence-electron chi connectivity index (χ0n) is 10.6. The maximum absolute atomic E-state index is 12.3. The first-order valence-corrected chi connectivity index (χ1v) is 7.48. The Labute approximate surface area is 114 Å². The van der Waals surface area contributed by atoms with Crippen LogP contribution in [0, 0.1) is 0 Å². The summed E-state index contributed by atoms with van der Waals surface area (Å²) in [7, 11) is -3.73. The number of phenolic OH excluding ortho intramolecular Hbond substituents is 1. The molecule has 20 heavy (non-hydrogen) atoms. The highest BCUT2D eigenvalue weighted by Crippen LogP contribution is 2.72. The monoisotopic (exact) mass is 300 g/mol. The van der Waals surface area contributed by atoms with E-state index in [1.165, 1.54) is 18.2 Å². The zero-order chi connectivity index (χ0) is 14.5. The average Bonchev–Trinajstić information content (AvgIpc) is 2.36. The fourth-order valence-electron chi connectivity index (χ4n) is 2.08. The summed E-state index contributed by atoms with van der Waals surface area (Å²) in [5.74, 6) is -2.66. The van der Waals surface area contributed by atoms with Gasteiger partial charge in [0.1, 0.15) is 5.75 Å². The van der Waals surface area contributed by atoms with Gasteiger partial charge >= 0.3 is 13.7 Å². The van der Waals surface area contributed by atoms with Crippen molar-refractivity contribution in [2.24, 2.45) is 0 Å². The number of carbonyl (C=O) groups is 1. The summed E-state index contributed by atoms with van der Waals surface area (Å²) in [5, 5.41) is 10.6. The van der Waals surface area contributed by atoms with Gasteiger partial charge in [0, 0.05) is 12.1 Å². The first kappa shape index (κ1) is 13.4. The van der Waals surface area contributed by atoms with Gasteiger partial charge in [-0.3, -0.25) is 4.79 Å². The van der Waals surface area contributed by atoms with E-state index >= 15 is 0 Å². The minimum Gasteiger partial charge on any atom is -0.506 e. The van der Waals surface area contributed by atoms with E-state index in [-0.39, 0.29) is 23.5 Å². The molecule has 0 saturated carbocycles. The fourth-order valence-corrected chi connectivity index (χ4v) is 3.55. The number of hydrogen-bond acceptors (Lipinski definition) is 7. The van der Waals surface area contributed by atoms with Gasteiger partial charge in [-0.1, -0.05) is 13.0 Å². The minimum absolute atomic E-state index is 0.151. The number of benzene rings is 1. The number of aromatic hydroxyl groups is 1. The van der Waals surface area contributed by atoms with Crippen LogP contribution in [0.2, 0.25) is 0 Å². The van der Waals surface area contributed by atoms with E-state index in [9.17, 15) is 14.5 Å². The van der Waals surface area contributed by atoms with Gasteiger partial charge in [0.05, 0.1) is 5.69 Å². The summed E-state index contributed by atoms with van der Waals surface area (Å²) in [6, 6.07) is 4.11. The number of carbonyl (C=O) groups excluding carboxylic acids is 1. The molecule has 8 nitrogen and oxygen atoms in total. The molecule has 3 aliphatic heterocycles. The number of rotatable bonds is 3. The molecule has 3 N–H and O–H groups in total. The minimum atomic E-state index is -3.73. The largest absolute Gasteiger partial charge is 0.506 e. The number of nitrogen functional groups attached to an aromatic ring is 1. The molecule has 3 heterocycles. The maximum atomic E-state index is 12.3. The summed E-state index contributed by atoms with van der Waals surface area (Å²) < 4.78 is 27.0. The highest BCUT2D eigenvalue weighted by Gasteiger charge is 2.70. The molecule has 3 fully saturated rings. The van der Waals surface area contributed by atoms with Crippen molar-refractivity contribution >= 4 is 19.4 Å². The van der Waals surface area contributed by atoms with Gasteiger partial charge < -0.3 is 10.8 Å². The molecule has 0 radical (unpaired) electrons. The molecule has 0 atom stereocenters. The van der Waals surface area contributed by atoms with E-state index in [2.05, 4.69) is 0 Å². The molecule has 3 aliphatic rings. The van der Waals surface area contributed by atoms with Crippen molar-refractivity contribution in [1.29, 1.82) is 0 Å². The van der Waals surface area contributed by atoms with Crippen LogP contribution in [0.15, 0.2) is 18.2 Å². The normalized spacial score (nSPS) is 32.0. The molecule has 108 valence electrons. The van der Waals surface area contributed by atoms with Crippen molar-refractivity contribution in [2.45, 2.75) is 19.1 Å². The number of nitrogens with two attached hydrogens (primary N) is 1. The number of anilines is 1. The van der Waals surface area contributed by atoms with Crippen LogP contribution in [-0.4, -0.2) is 22.6 Å². The molecule has 1 amide bonds. The Morgan fingerprint density at radius 2 is 2.15 bits per heavy atom. The smallest absolute Gasteiger partial charge is 0.503 e. The van der Waals surface area contributed by atoms with Crippen LogP contribution in [0.4, 0.5) is 5.69 Å². The highest BCUT2D eigenvalue weighted by molar-refractivity contribution is 7.49. The van der Waals surface area contributed by atoms with Crippen molar-refractivity contribution in [2.75, 3.05) is 12.3 Å². The van der Waals surface area contributed by atoms with Crippen LogP contribution in [0.3, 0.4) is 0 Å². The molecule has 2 bridgehead atoms. The third-order valence-electron chi connectivity index (χ3n) is 3.02. The van der Waals surface area contributed by atoms with Crippen molar-refractivity contribution in [3.63, 3.8) is 0 Å². The standard InChI is InChI=1S/C11H13N2O6P/c1-2-5-13-10(15)11(17-20(16,18-11)19-13)7-3-4-8(12)9(14)6-7/h3-4,6,14H,2,5,12H2,1H3. The molecule has 9 heteroatoms. The van der Waals surface area contributed by atoms with Gasteiger partial charge in [-0.15, -0.1) is 0 Å². The van der Waals surface area contributed by atoms with Crippen LogP contribution < -0.4 is 5.73 Å². The molecule has 0 spiro atoms. The van der Waals surface area contributed by atoms with Crippen LogP contribution in [-0.2, 0) is 28.8 Å². The maximum Gasteiger partial charge on any atom is 0.503 e. The fraction of sp³-hybridized carbons (Fsp3) is 0.364. The number of hydroxylamine groups is 2. The first-order chi connectivity index (χ1) is 9.40. The lowest BCUT2D eigenvalue weighted by molar-refractivity contribution is -0.297. The Hall–Kier alpha value is -1.60. The summed E-state index contributed by atoms with van der Waals surface area (Å²) in [5.41, 5.74) is 5.87. The number of amides is 1. The quantitative estimate of drug-likeness (QED) is 0.494. The Kier molecular flexibility index (Phi) is 2.81. The Morgan fingerprint density at radius 3 is 2.75 bits per heavy atom. The lowest BCUT2D eigenvalue weighted by atomic mass is 10.0. The van der Waals surface area contributed by atoms with Gasteiger partial charge in [0.15, 0.2) is 0 Å². The van der Waals surface area contributed by atoms with E-state index in [0.717, 1.165) is 5.06 Å². The van der Waals surface area contributed by atoms with Gasteiger partial charge in [-0.25, -0.2) is 18.7 Å². The molecule has 1 aromatic rings. The first-order valence-electron chi connectivity index (χ1n) is 6.02. The van der Waals surface area contributed by atoms with Gasteiger partial charge in [0.2, 0.25) is 0 Å². The van der Waals surface area contributed by atoms with Crippen LogP contribution in [0.25, 0.3) is 0 Å². The Bertz CT molecular complexity index is 623. The number of hydrogen-bond donors (Lipinski definition) is 2. The Morgan fingerprint density at radius 1 is 1.45 bits per heavy atom. The van der Waals surface area contributed by atoms with Gasteiger partial charge in [0.25, 0.3) is 5.79 Å². The van der Waals surface area contributed by atoms with E-state index in [1.54, 1.807) is 0 Å². The molecule has 4 rings (SSSR count). The number of phosphoric ester groups is 1. The molecule has 0 aliphatic carbocycles. The predicted molar refractivity (Wildman–Crippen MR) is 67.1 cm³/mol. The molecule has 0 aromatic heterocycles. The number of phenols is 1. The van der Waals surface area contributed by atoms with Crippen molar-refractivity contribution in [3.05, 3.63) is 23.8 Å². The molecular weight excluding hydrogens is 287 g/mol. The lowest BCUT2D eigenvalue weighted by Gasteiger charge is -2.50. The zero-order valence-corrected chi connectivity index (χ0v) is 11.5. The van der Waals surface area contributed by atoms with E-state index in [0.29, 0.717) is 6.42 Å². The summed E-state index contributed by atoms with van der Waals surface area (Å²) in [6.45, 7) is 2.11. The Balaban J connectivity index is 2.01. The SMILES string of the molecule is CCCN1OP2(=O)OC(c3ccc(N)c(O)c3)(O2)C1=O. The topological polar surface area (TPSA) is 111 Å². The van der Waals surface area contributed by atoms with E-state index < -0.39 is 19.5 Å². The summed E-state index contributed by atoms with van der Waals surface area (Å²) in [4.78, 5) is 12.3. The molecule has 1 aromatic carbocycles. The molecular formula is C11H13N2O6P. The van der Waals surface area contributed by atoms with Crippen molar-refractivity contribution in [1.82, 2.24) is 5.06 Å². The van der Waals surface area contributed by atoms with Gasteiger partial charge in [-0.05, 0) is 18.6 Å². The highest BCUT2D eigenvalue weighted by atomic mass is 31.2. The third kappa shape index (κ3) is 1.73. The van der Waals surface area contributed by atoms with Crippen LogP contribution >= 0.6 is 7.82 Å². The number of phosphoric acid groups is 1. The lowest BCUT2D eigenvalue weighted by Crippen LogP contribution is -2.59. The second-order valence-electron chi connectivity index (χ2n) is 4.51. The summed E-state index contributed by atoms with van der Waals surface area (Å²) in [6.07, 6.45) is 0.620.